The summed E-state index contributed by atoms with van der Waals surface area (Å²) in [5.41, 5.74) is 1.71. The van der Waals surface area contributed by atoms with E-state index in [1.54, 1.807) is 66.2 Å². The topological polar surface area (TPSA) is 87.2 Å². The number of fused-ring (bicyclic) bond motifs is 2. The molecule has 0 saturated carbocycles. The van der Waals surface area contributed by atoms with E-state index < -0.39 is 29.2 Å². The van der Waals surface area contributed by atoms with Crippen LogP contribution in [0.1, 0.15) is 75.9 Å². The first-order chi connectivity index (χ1) is 21.8. The molecule has 0 unspecified atom stereocenters. The zero-order valence-electron chi connectivity index (χ0n) is 27.1. The van der Waals surface area contributed by atoms with Crippen molar-refractivity contribution in [1.82, 2.24) is 28.8 Å². The van der Waals surface area contributed by atoms with Crippen LogP contribution in [0.2, 0.25) is 0 Å². The van der Waals surface area contributed by atoms with Crippen LogP contribution >= 0.6 is 0 Å². The Morgan fingerprint density at radius 1 is 1.04 bits per heavy atom. The van der Waals surface area contributed by atoms with E-state index in [1.165, 1.54) is 21.5 Å². The molecule has 1 amide bonds. The van der Waals surface area contributed by atoms with Crippen LogP contribution in [0.15, 0.2) is 59.9 Å². The summed E-state index contributed by atoms with van der Waals surface area (Å²) >= 11 is 0. The van der Waals surface area contributed by atoms with Gasteiger partial charge >= 0.3 is 11.8 Å². The molecule has 1 aliphatic rings. The van der Waals surface area contributed by atoms with Crippen molar-refractivity contribution in [2.75, 3.05) is 0 Å². The molecule has 3 aromatic heterocycles. The monoisotopic (exact) mass is 628 g/mol. The van der Waals surface area contributed by atoms with Crippen molar-refractivity contribution in [2.24, 2.45) is 0 Å². The van der Waals surface area contributed by atoms with Gasteiger partial charge in [-0.3, -0.25) is 19.0 Å². The first-order valence-electron chi connectivity index (χ1n) is 15.5. The van der Waals surface area contributed by atoms with Gasteiger partial charge in [-0.05, 0) is 83.4 Å². The molecule has 240 valence electrons. The fourth-order valence-corrected chi connectivity index (χ4v) is 6.44. The van der Waals surface area contributed by atoms with Crippen LogP contribution in [0, 0.1) is 25.5 Å². The molecule has 6 rings (SSSR count). The van der Waals surface area contributed by atoms with Gasteiger partial charge in [0.25, 0.3) is 0 Å². The van der Waals surface area contributed by atoms with Gasteiger partial charge in [0.2, 0.25) is 0 Å². The Morgan fingerprint density at radius 3 is 2.41 bits per heavy atom. The van der Waals surface area contributed by atoms with E-state index in [0.717, 1.165) is 12.1 Å². The maximum Gasteiger partial charge on any atom is 0.411 e. The SMILES string of the molecule is CCC[C@H]1c2c(nn(-c3cc(C)c(F)c(C)c3)c2-n2ccn(-c3ccc4cnccc4c3F)c2=O)C[C@@H](C)N1C(=O)OC(C)(C)C. The smallest absolute Gasteiger partial charge is 0.411 e. The average molecular weight is 629 g/mol. The lowest BCUT2D eigenvalue weighted by atomic mass is 9.91. The van der Waals surface area contributed by atoms with Crippen LogP contribution in [-0.4, -0.2) is 46.5 Å². The van der Waals surface area contributed by atoms with Gasteiger partial charge < -0.3 is 4.74 Å². The molecule has 0 N–H and O–H groups in total. The van der Waals surface area contributed by atoms with Gasteiger partial charge in [-0.1, -0.05) is 19.4 Å². The lowest BCUT2D eigenvalue weighted by Crippen LogP contribution is -2.48. The minimum absolute atomic E-state index is 0.0879. The molecule has 0 radical (unpaired) electrons. The summed E-state index contributed by atoms with van der Waals surface area (Å²) in [7, 11) is 0. The number of halogens is 2. The van der Waals surface area contributed by atoms with E-state index in [-0.39, 0.29) is 17.5 Å². The molecule has 5 aromatic rings. The normalized spacial score (nSPS) is 16.6. The Bertz CT molecular complexity index is 2010. The molecule has 0 aliphatic carbocycles. The van der Waals surface area contributed by atoms with Crippen LogP contribution in [0.4, 0.5) is 13.6 Å². The molecule has 11 heteroatoms. The molecule has 4 heterocycles. The van der Waals surface area contributed by atoms with Crippen molar-refractivity contribution in [3.63, 3.8) is 0 Å². The van der Waals surface area contributed by atoms with E-state index in [0.29, 0.717) is 51.8 Å². The van der Waals surface area contributed by atoms with Crippen LogP contribution in [-0.2, 0) is 11.2 Å². The molecular formula is C35H38F2N6O3. The van der Waals surface area contributed by atoms with E-state index in [1.807, 2.05) is 34.6 Å². The Kier molecular flexibility index (Phi) is 7.82. The number of carbonyl (C=O) groups excluding carboxylic acids is 1. The number of imidazole rings is 1. The number of nitrogens with zero attached hydrogens (tertiary/aromatic N) is 6. The molecule has 46 heavy (non-hydrogen) atoms. The maximum absolute atomic E-state index is 15.8. The van der Waals surface area contributed by atoms with Crippen LogP contribution in [0.25, 0.3) is 28.0 Å². The Labute approximate surface area is 266 Å². The highest BCUT2D eigenvalue weighted by Gasteiger charge is 2.42. The minimum Gasteiger partial charge on any atom is -0.444 e. The van der Waals surface area contributed by atoms with E-state index in [2.05, 4.69) is 4.98 Å². The highest BCUT2D eigenvalue weighted by atomic mass is 19.1. The lowest BCUT2D eigenvalue weighted by molar-refractivity contribution is 0.00231. The predicted molar refractivity (Wildman–Crippen MR) is 172 cm³/mol. The zero-order chi connectivity index (χ0) is 33.1. The average Bonchev–Trinajstić information content (AvgIpc) is 3.55. The van der Waals surface area contributed by atoms with E-state index in [9.17, 15) is 14.0 Å². The van der Waals surface area contributed by atoms with Gasteiger partial charge in [-0.25, -0.2) is 23.1 Å². The third kappa shape index (κ3) is 5.27. The van der Waals surface area contributed by atoms with E-state index in [4.69, 9.17) is 9.84 Å². The number of rotatable bonds is 5. The summed E-state index contributed by atoms with van der Waals surface area (Å²) < 4.78 is 40.8. The highest BCUT2D eigenvalue weighted by Crippen LogP contribution is 2.41. The van der Waals surface area contributed by atoms with Crippen molar-refractivity contribution in [3.8, 4) is 17.2 Å². The second-order valence-corrected chi connectivity index (χ2v) is 13.1. The number of pyridine rings is 1. The summed E-state index contributed by atoms with van der Waals surface area (Å²) in [4.78, 5) is 33.8. The second-order valence-electron chi connectivity index (χ2n) is 13.1. The number of aromatic nitrogens is 5. The number of hydrogen-bond acceptors (Lipinski definition) is 5. The molecule has 9 nitrogen and oxygen atoms in total. The van der Waals surface area contributed by atoms with Crippen LogP contribution in [0.3, 0.4) is 0 Å². The summed E-state index contributed by atoms with van der Waals surface area (Å²) in [5.74, 6) is -0.455. The number of carbonyl (C=O) groups is 1. The number of benzene rings is 2. The van der Waals surface area contributed by atoms with Crippen molar-refractivity contribution in [1.29, 1.82) is 0 Å². The van der Waals surface area contributed by atoms with Crippen LogP contribution in [0.5, 0.6) is 0 Å². The van der Waals surface area contributed by atoms with Gasteiger partial charge in [0.1, 0.15) is 17.2 Å². The number of hydrogen-bond donors (Lipinski definition) is 0. The summed E-state index contributed by atoms with van der Waals surface area (Å²) in [6.07, 6.45) is 7.46. The van der Waals surface area contributed by atoms with Crippen molar-refractivity contribution >= 4 is 16.9 Å². The largest absolute Gasteiger partial charge is 0.444 e. The highest BCUT2D eigenvalue weighted by molar-refractivity contribution is 5.84. The molecule has 2 atom stereocenters. The van der Waals surface area contributed by atoms with Crippen molar-refractivity contribution in [2.45, 2.75) is 85.4 Å². The summed E-state index contributed by atoms with van der Waals surface area (Å²) in [6.45, 7) is 12.8. The second kappa shape index (κ2) is 11.5. The fourth-order valence-electron chi connectivity index (χ4n) is 6.44. The third-order valence-corrected chi connectivity index (χ3v) is 8.44. The minimum atomic E-state index is -0.710. The fraction of sp³-hybridized carbons (Fsp3) is 0.371. The van der Waals surface area contributed by atoms with Gasteiger partial charge in [0, 0.05) is 53.6 Å². The van der Waals surface area contributed by atoms with Gasteiger partial charge in [-0.15, -0.1) is 0 Å². The summed E-state index contributed by atoms with van der Waals surface area (Å²) in [5, 5.41) is 5.97. The molecule has 0 bridgehead atoms. The summed E-state index contributed by atoms with van der Waals surface area (Å²) in [6, 6.07) is 7.51. The van der Waals surface area contributed by atoms with Gasteiger partial charge in [-0.2, -0.15) is 5.10 Å². The van der Waals surface area contributed by atoms with Crippen molar-refractivity contribution < 1.29 is 18.3 Å². The number of aryl methyl sites for hydroxylation is 2. The van der Waals surface area contributed by atoms with Crippen molar-refractivity contribution in [3.05, 3.63) is 99.6 Å². The molecule has 2 aromatic carbocycles. The molecule has 0 spiro atoms. The van der Waals surface area contributed by atoms with Gasteiger partial charge in [0.15, 0.2) is 5.82 Å². The quantitative estimate of drug-likeness (QED) is 0.204. The molecule has 1 aliphatic heterocycles. The Balaban J connectivity index is 1.61. The van der Waals surface area contributed by atoms with Crippen LogP contribution < -0.4 is 5.69 Å². The Morgan fingerprint density at radius 2 is 1.74 bits per heavy atom. The van der Waals surface area contributed by atoms with Gasteiger partial charge in [0.05, 0.1) is 23.1 Å². The molecule has 0 fully saturated rings. The zero-order valence-corrected chi connectivity index (χ0v) is 27.1. The third-order valence-electron chi connectivity index (χ3n) is 8.44. The molecular weight excluding hydrogens is 590 g/mol. The number of ether oxygens (including phenoxy) is 1. The maximum atomic E-state index is 15.8. The first-order valence-corrected chi connectivity index (χ1v) is 15.5. The first kappa shape index (κ1) is 31.2. The standard InChI is InChI=1S/C35H38F2N6O3/c1-8-9-27-29-26(18-22(4)42(27)34(45)46-35(5,6)7)39-43(24-16-20(2)30(36)21(3)17-24)32(29)41-15-14-40(33(41)44)28-11-10-23-19-38-13-12-25(23)31(28)37/h10-17,19,22,27H,8-9,18H2,1-7H3/t22-,27+/m1/s1. The number of amides is 1. The van der Waals surface area contributed by atoms with E-state index >= 15 is 4.39 Å². The predicted octanol–water partition coefficient (Wildman–Crippen LogP) is 7.28. The lowest BCUT2D eigenvalue weighted by Gasteiger charge is -2.41. The Hall–Kier alpha value is -4.80. The molecule has 0 saturated heterocycles.